The first-order valence-electron chi connectivity index (χ1n) is 7.51. The number of hydrogen-bond acceptors (Lipinski definition) is 4. The predicted molar refractivity (Wildman–Crippen MR) is 76.0 cm³/mol. The number of ether oxygens (including phenoxy) is 1. The molecule has 0 bridgehead atoms. The van der Waals surface area contributed by atoms with Gasteiger partial charge in [0.25, 0.3) is 0 Å². The standard InChI is InChI=1S/C15H28N2O2/c1-11(8-15(2,16-3)14(18)19-4)17-9-12-6-5-7-13(12)10-17/h11-13,16H,5-10H2,1-4H3. The van der Waals surface area contributed by atoms with Crippen molar-refractivity contribution in [3.63, 3.8) is 0 Å². The van der Waals surface area contributed by atoms with E-state index in [0.29, 0.717) is 6.04 Å². The third kappa shape index (κ3) is 2.95. The van der Waals surface area contributed by atoms with Gasteiger partial charge in [0.1, 0.15) is 5.54 Å². The number of likely N-dealkylation sites (N-methyl/N-ethyl adjacent to an activating group) is 1. The van der Waals surface area contributed by atoms with Crippen LogP contribution in [-0.4, -0.2) is 49.7 Å². The number of nitrogens with zero attached hydrogens (tertiary/aromatic N) is 1. The molecule has 1 heterocycles. The van der Waals surface area contributed by atoms with Crippen LogP contribution in [0.4, 0.5) is 0 Å². The first kappa shape index (κ1) is 14.8. The van der Waals surface area contributed by atoms with Crippen molar-refractivity contribution in [2.75, 3.05) is 27.2 Å². The largest absolute Gasteiger partial charge is 0.468 e. The van der Waals surface area contributed by atoms with Crippen molar-refractivity contribution < 1.29 is 9.53 Å². The summed E-state index contributed by atoms with van der Waals surface area (Å²) in [5.74, 6) is 1.64. The summed E-state index contributed by atoms with van der Waals surface area (Å²) < 4.78 is 4.92. The Morgan fingerprint density at radius 3 is 2.47 bits per heavy atom. The van der Waals surface area contributed by atoms with Gasteiger partial charge in [-0.15, -0.1) is 0 Å². The Hall–Kier alpha value is -0.610. The maximum absolute atomic E-state index is 11.9. The fourth-order valence-corrected chi connectivity index (χ4v) is 3.86. The summed E-state index contributed by atoms with van der Waals surface area (Å²) in [4.78, 5) is 14.5. The zero-order valence-corrected chi connectivity index (χ0v) is 12.7. The van der Waals surface area contributed by atoms with E-state index >= 15 is 0 Å². The molecule has 0 radical (unpaired) electrons. The van der Waals surface area contributed by atoms with Gasteiger partial charge < -0.3 is 15.0 Å². The minimum Gasteiger partial charge on any atom is -0.468 e. The van der Waals surface area contributed by atoms with Crippen molar-refractivity contribution in [3.05, 3.63) is 0 Å². The Balaban J connectivity index is 1.93. The van der Waals surface area contributed by atoms with Gasteiger partial charge in [0, 0.05) is 19.1 Å². The highest BCUT2D eigenvalue weighted by atomic mass is 16.5. The van der Waals surface area contributed by atoms with Crippen LogP contribution in [0.3, 0.4) is 0 Å². The van der Waals surface area contributed by atoms with Crippen molar-refractivity contribution >= 4 is 5.97 Å². The van der Waals surface area contributed by atoms with Gasteiger partial charge >= 0.3 is 5.97 Å². The maximum Gasteiger partial charge on any atom is 0.325 e. The van der Waals surface area contributed by atoms with Crippen LogP contribution in [0, 0.1) is 11.8 Å². The van der Waals surface area contributed by atoms with Crippen molar-refractivity contribution in [2.24, 2.45) is 11.8 Å². The van der Waals surface area contributed by atoms with Gasteiger partial charge in [0.2, 0.25) is 0 Å². The summed E-state index contributed by atoms with van der Waals surface area (Å²) in [6.07, 6.45) is 5.01. The topological polar surface area (TPSA) is 41.6 Å². The first-order chi connectivity index (χ1) is 9.00. The molecule has 1 aliphatic heterocycles. The molecule has 4 heteroatoms. The van der Waals surface area contributed by atoms with E-state index in [0.717, 1.165) is 18.3 Å². The average Bonchev–Trinajstić information content (AvgIpc) is 2.98. The number of methoxy groups -OCH3 is 1. The van der Waals surface area contributed by atoms with Crippen molar-refractivity contribution in [1.29, 1.82) is 0 Å². The zero-order valence-electron chi connectivity index (χ0n) is 12.7. The summed E-state index contributed by atoms with van der Waals surface area (Å²) in [7, 11) is 3.30. The van der Waals surface area contributed by atoms with E-state index in [1.165, 1.54) is 39.5 Å². The van der Waals surface area contributed by atoms with Gasteiger partial charge in [-0.25, -0.2) is 0 Å². The van der Waals surface area contributed by atoms with E-state index in [9.17, 15) is 4.79 Å². The highest BCUT2D eigenvalue weighted by molar-refractivity contribution is 5.80. The molecular formula is C15H28N2O2. The molecule has 2 rings (SSSR count). The van der Waals surface area contributed by atoms with Gasteiger partial charge in [-0.1, -0.05) is 6.42 Å². The summed E-state index contributed by atoms with van der Waals surface area (Å²) in [6, 6.07) is 0.419. The molecule has 0 amide bonds. The molecule has 1 N–H and O–H groups in total. The minimum atomic E-state index is -0.578. The molecule has 1 saturated heterocycles. The van der Waals surface area contributed by atoms with Gasteiger partial charge in [0.05, 0.1) is 7.11 Å². The van der Waals surface area contributed by atoms with Crippen molar-refractivity contribution in [3.8, 4) is 0 Å². The fraction of sp³-hybridized carbons (Fsp3) is 0.933. The molecule has 0 aromatic carbocycles. The van der Waals surface area contributed by atoms with Crippen LogP contribution in [0.2, 0.25) is 0 Å². The number of likely N-dealkylation sites (tertiary alicyclic amines) is 1. The summed E-state index contributed by atoms with van der Waals surface area (Å²) >= 11 is 0. The van der Waals surface area contributed by atoms with E-state index in [1.807, 2.05) is 14.0 Å². The Kier molecular flexibility index (Phi) is 4.51. The van der Waals surface area contributed by atoms with E-state index < -0.39 is 5.54 Å². The summed E-state index contributed by atoms with van der Waals surface area (Å²) in [5.41, 5.74) is -0.578. The number of carbonyl (C=O) groups is 1. The molecule has 1 aliphatic carbocycles. The van der Waals surface area contributed by atoms with Crippen LogP contribution in [-0.2, 0) is 9.53 Å². The summed E-state index contributed by atoms with van der Waals surface area (Å²) in [6.45, 7) is 6.60. The highest BCUT2D eigenvalue weighted by Gasteiger charge is 2.41. The number of rotatable bonds is 5. The third-order valence-corrected chi connectivity index (χ3v) is 5.27. The smallest absolute Gasteiger partial charge is 0.325 e. The molecular weight excluding hydrogens is 240 g/mol. The Labute approximate surface area is 116 Å². The molecule has 4 atom stereocenters. The lowest BCUT2D eigenvalue weighted by molar-refractivity contribution is -0.148. The number of carbonyl (C=O) groups excluding carboxylic acids is 1. The minimum absolute atomic E-state index is 0.166. The molecule has 2 aliphatic rings. The number of nitrogens with one attached hydrogen (secondary N) is 1. The SMILES string of the molecule is CNC(C)(CC(C)N1CC2CCCC2C1)C(=O)OC. The van der Waals surface area contributed by atoms with Crippen molar-refractivity contribution in [1.82, 2.24) is 10.2 Å². The third-order valence-electron chi connectivity index (χ3n) is 5.27. The fourth-order valence-electron chi connectivity index (χ4n) is 3.86. The van der Waals surface area contributed by atoms with E-state index in [2.05, 4.69) is 17.1 Å². The molecule has 1 saturated carbocycles. The van der Waals surface area contributed by atoms with E-state index in [-0.39, 0.29) is 5.97 Å². The van der Waals surface area contributed by atoms with Gasteiger partial charge in [-0.05, 0) is 52.0 Å². The number of fused-ring (bicyclic) bond motifs is 1. The van der Waals surface area contributed by atoms with Crippen molar-refractivity contribution in [2.45, 2.75) is 51.1 Å². The molecule has 19 heavy (non-hydrogen) atoms. The number of esters is 1. The monoisotopic (exact) mass is 268 g/mol. The second kappa shape index (κ2) is 5.80. The van der Waals surface area contributed by atoms with Crippen LogP contribution in [0.25, 0.3) is 0 Å². The Morgan fingerprint density at radius 1 is 1.42 bits per heavy atom. The highest BCUT2D eigenvalue weighted by Crippen LogP contribution is 2.39. The lowest BCUT2D eigenvalue weighted by atomic mass is 9.93. The van der Waals surface area contributed by atoms with Crippen LogP contribution < -0.4 is 5.32 Å². The second-order valence-corrected chi connectivity index (χ2v) is 6.53. The Bertz CT molecular complexity index is 322. The van der Waals surface area contributed by atoms with Gasteiger partial charge in [-0.3, -0.25) is 4.79 Å². The second-order valence-electron chi connectivity index (χ2n) is 6.53. The molecule has 4 nitrogen and oxygen atoms in total. The normalized spacial score (nSPS) is 31.8. The lowest BCUT2D eigenvalue weighted by Crippen LogP contribution is -2.52. The van der Waals surface area contributed by atoms with Gasteiger partial charge in [-0.2, -0.15) is 0 Å². The van der Waals surface area contributed by atoms with Crippen LogP contribution in [0.1, 0.15) is 39.5 Å². The van der Waals surface area contributed by atoms with Gasteiger partial charge in [0.15, 0.2) is 0 Å². The quantitative estimate of drug-likeness (QED) is 0.770. The van der Waals surface area contributed by atoms with E-state index in [1.54, 1.807) is 0 Å². The van der Waals surface area contributed by atoms with Crippen LogP contribution >= 0.6 is 0 Å². The molecule has 0 aromatic rings. The summed E-state index contributed by atoms with van der Waals surface area (Å²) in [5, 5.41) is 3.13. The molecule has 110 valence electrons. The zero-order chi connectivity index (χ0) is 14.0. The molecule has 4 unspecified atom stereocenters. The predicted octanol–water partition coefficient (Wildman–Crippen LogP) is 1.65. The molecule has 2 fully saturated rings. The lowest BCUT2D eigenvalue weighted by Gasteiger charge is -2.33. The first-order valence-corrected chi connectivity index (χ1v) is 7.51. The maximum atomic E-state index is 11.9. The molecule has 0 spiro atoms. The van der Waals surface area contributed by atoms with E-state index in [4.69, 9.17) is 4.74 Å². The number of hydrogen-bond donors (Lipinski definition) is 1. The average molecular weight is 268 g/mol. The Morgan fingerprint density at radius 2 is 2.00 bits per heavy atom. The van der Waals surface area contributed by atoms with Crippen LogP contribution in [0.5, 0.6) is 0 Å². The molecule has 0 aromatic heterocycles. The van der Waals surface area contributed by atoms with Crippen LogP contribution in [0.15, 0.2) is 0 Å².